The van der Waals surface area contributed by atoms with Crippen LogP contribution in [0.1, 0.15) is 13.8 Å². The zero-order chi connectivity index (χ0) is 23.9. The van der Waals surface area contributed by atoms with Crippen LogP contribution >= 0.6 is 0 Å². The summed E-state index contributed by atoms with van der Waals surface area (Å²) in [5.41, 5.74) is 0. The molecule has 3 saturated heterocycles. The molecule has 0 radical (unpaired) electrons. The van der Waals surface area contributed by atoms with Gasteiger partial charge in [-0.15, -0.1) is 0 Å². The first-order chi connectivity index (χ1) is 15.0. The van der Waals surface area contributed by atoms with E-state index < -0.39 is 98.7 Å². The lowest BCUT2D eigenvalue weighted by Gasteiger charge is -2.48. The Balaban J connectivity index is 1.81. The second-order valence-corrected chi connectivity index (χ2v) is 8.30. The lowest BCUT2D eigenvalue weighted by molar-refractivity contribution is -0.385. The molecule has 15 atom stereocenters. The molecule has 0 unspecified atom stereocenters. The van der Waals surface area contributed by atoms with Gasteiger partial charge in [0.2, 0.25) is 0 Å². The zero-order valence-corrected chi connectivity index (χ0v) is 17.4. The number of hydrogen-bond acceptors (Lipinski definition) is 14. The fourth-order valence-electron chi connectivity index (χ4n) is 3.92. The van der Waals surface area contributed by atoms with Gasteiger partial charge in [-0.25, -0.2) is 0 Å². The highest BCUT2D eigenvalue weighted by atomic mass is 16.8. The molecule has 0 aromatic carbocycles. The van der Waals surface area contributed by atoms with Gasteiger partial charge in [0.1, 0.15) is 61.0 Å². The second-order valence-electron chi connectivity index (χ2n) is 8.30. The van der Waals surface area contributed by atoms with Gasteiger partial charge in [-0.2, -0.15) is 0 Å². The van der Waals surface area contributed by atoms with Crippen LogP contribution in [-0.4, -0.2) is 145 Å². The molecule has 3 fully saturated rings. The Morgan fingerprint density at radius 1 is 0.562 bits per heavy atom. The topological polar surface area (TPSA) is 228 Å². The smallest absolute Gasteiger partial charge is 0.187 e. The van der Waals surface area contributed by atoms with Gasteiger partial charge in [0, 0.05) is 0 Å². The maximum Gasteiger partial charge on any atom is 0.187 e. The van der Waals surface area contributed by atoms with E-state index in [9.17, 15) is 46.0 Å². The van der Waals surface area contributed by atoms with Gasteiger partial charge in [0.15, 0.2) is 18.9 Å². The summed E-state index contributed by atoms with van der Waals surface area (Å²) in [5.74, 6) is 0. The van der Waals surface area contributed by atoms with Crippen LogP contribution in [0.25, 0.3) is 0 Å². The molecule has 3 aliphatic rings. The van der Waals surface area contributed by atoms with Crippen LogP contribution in [0.5, 0.6) is 0 Å². The van der Waals surface area contributed by atoms with Gasteiger partial charge in [-0.05, 0) is 13.8 Å². The molecule has 3 heterocycles. The highest BCUT2D eigenvalue weighted by Crippen LogP contribution is 2.32. The van der Waals surface area contributed by atoms with E-state index >= 15 is 0 Å². The lowest BCUT2D eigenvalue weighted by Crippen LogP contribution is -2.66. The van der Waals surface area contributed by atoms with Crippen molar-refractivity contribution in [2.75, 3.05) is 6.61 Å². The van der Waals surface area contributed by atoms with Crippen molar-refractivity contribution in [3.8, 4) is 0 Å². The van der Waals surface area contributed by atoms with E-state index in [-0.39, 0.29) is 0 Å². The minimum atomic E-state index is -1.83. The largest absolute Gasteiger partial charge is 0.394 e. The van der Waals surface area contributed by atoms with Crippen molar-refractivity contribution in [2.45, 2.75) is 106 Å². The van der Waals surface area contributed by atoms with E-state index in [0.717, 1.165) is 0 Å². The molecule has 3 rings (SSSR count). The molecule has 9 N–H and O–H groups in total. The number of rotatable bonds is 5. The van der Waals surface area contributed by atoms with Crippen molar-refractivity contribution < 1.29 is 69.6 Å². The number of aliphatic hydroxyl groups excluding tert-OH is 9. The van der Waals surface area contributed by atoms with Crippen molar-refractivity contribution in [1.82, 2.24) is 0 Å². The third kappa shape index (κ3) is 4.94. The quantitative estimate of drug-likeness (QED) is 0.182. The maximum absolute atomic E-state index is 10.6. The molecule has 0 bridgehead atoms. The van der Waals surface area contributed by atoms with Crippen LogP contribution in [0.15, 0.2) is 0 Å². The molecule has 0 aromatic rings. The molecule has 0 saturated carbocycles. The summed E-state index contributed by atoms with van der Waals surface area (Å²) in [7, 11) is 0. The molecule has 0 aliphatic carbocycles. The molecule has 0 amide bonds. The summed E-state index contributed by atoms with van der Waals surface area (Å²) in [6, 6.07) is 0. The number of hydrogen-bond donors (Lipinski definition) is 9. The van der Waals surface area contributed by atoms with Gasteiger partial charge in [-0.3, -0.25) is 0 Å². The molecule has 14 nitrogen and oxygen atoms in total. The average molecular weight is 472 g/mol. The van der Waals surface area contributed by atoms with E-state index in [2.05, 4.69) is 0 Å². The van der Waals surface area contributed by atoms with Crippen molar-refractivity contribution in [3.63, 3.8) is 0 Å². The molecule has 188 valence electrons. The summed E-state index contributed by atoms with van der Waals surface area (Å²) in [5, 5.41) is 90.6. The van der Waals surface area contributed by atoms with E-state index in [1.807, 2.05) is 0 Å². The normalized spacial score (nSPS) is 55.0. The Kier molecular flexibility index (Phi) is 8.44. The van der Waals surface area contributed by atoms with Gasteiger partial charge in [0.25, 0.3) is 0 Å². The van der Waals surface area contributed by atoms with Gasteiger partial charge >= 0.3 is 0 Å². The minimum absolute atomic E-state index is 0.721. The van der Waals surface area contributed by atoms with Crippen molar-refractivity contribution in [2.24, 2.45) is 0 Å². The summed E-state index contributed by atoms with van der Waals surface area (Å²) in [4.78, 5) is 0. The van der Waals surface area contributed by atoms with E-state index in [4.69, 9.17) is 23.7 Å². The molecule has 32 heavy (non-hydrogen) atoms. The molecule has 0 spiro atoms. The van der Waals surface area contributed by atoms with Gasteiger partial charge < -0.3 is 69.6 Å². The monoisotopic (exact) mass is 472 g/mol. The van der Waals surface area contributed by atoms with Crippen LogP contribution in [-0.2, 0) is 23.7 Å². The average Bonchev–Trinajstić information content (AvgIpc) is 2.76. The van der Waals surface area contributed by atoms with Crippen LogP contribution in [0.4, 0.5) is 0 Å². The molecular weight excluding hydrogens is 440 g/mol. The number of aliphatic hydroxyl groups is 9. The minimum Gasteiger partial charge on any atom is -0.394 e. The van der Waals surface area contributed by atoms with E-state index in [0.29, 0.717) is 0 Å². The fourth-order valence-corrected chi connectivity index (χ4v) is 3.92. The summed E-state index contributed by atoms with van der Waals surface area (Å²) < 4.78 is 27.0. The highest BCUT2D eigenvalue weighted by Gasteiger charge is 2.53. The van der Waals surface area contributed by atoms with Crippen molar-refractivity contribution in [3.05, 3.63) is 0 Å². The van der Waals surface area contributed by atoms with Crippen molar-refractivity contribution in [1.29, 1.82) is 0 Å². The lowest BCUT2D eigenvalue weighted by atomic mass is 9.96. The van der Waals surface area contributed by atoms with E-state index in [1.165, 1.54) is 13.8 Å². The number of ether oxygens (including phenoxy) is 5. The summed E-state index contributed by atoms with van der Waals surface area (Å²) >= 11 is 0. The molecule has 3 aliphatic heterocycles. The van der Waals surface area contributed by atoms with E-state index in [1.54, 1.807) is 0 Å². The predicted molar refractivity (Wildman–Crippen MR) is 98.4 cm³/mol. The summed E-state index contributed by atoms with van der Waals surface area (Å²) in [6.07, 6.45) is -22.6. The van der Waals surface area contributed by atoms with Crippen LogP contribution in [0, 0.1) is 0 Å². The first kappa shape index (κ1) is 26.1. The van der Waals surface area contributed by atoms with Crippen LogP contribution in [0.3, 0.4) is 0 Å². The first-order valence-corrected chi connectivity index (χ1v) is 10.3. The Hall–Kier alpha value is -0.560. The Bertz CT molecular complexity index is 610. The Morgan fingerprint density at radius 3 is 1.44 bits per heavy atom. The van der Waals surface area contributed by atoms with Gasteiger partial charge in [0.05, 0.1) is 18.8 Å². The third-order valence-electron chi connectivity index (χ3n) is 6.02. The SMILES string of the molecule is C[C@@H]1O[C@H](O[C@@H]2[C@@H](O[C@H]3O[C@@H](C)[C@@H](O)[C@@H](O)[C@@H]3O)[C@H](O)[C@@H](CO)O[C@H]2O)[C@@H](O)[C@H](O)[C@@H]1O. The first-order valence-electron chi connectivity index (χ1n) is 10.3. The zero-order valence-electron chi connectivity index (χ0n) is 17.4. The molecule has 0 aromatic heterocycles. The van der Waals surface area contributed by atoms with Crippen molar-refractivity contribution >= 4 is 0 Å². The van der Waals surface area contributed by atoms with Crippen LogP contribution in [0.2, 0.25) is 0 Å². The second kappa shape index (κ2) is 10.4. The standard InChI is InChI=1S/C18H32O14/c1-4-7(20)10(23)12(25)17(28-4)31-14-9(22)6(3-19)30-16(27)15(14)32-18-13(26)11(24)8(21)5(2)29-18/h4-27H,3H2,1-2H3/t4-,5-,6+,7+,8+,9+,10+,11+,12-,13-,14-,15+,16+,17+,18+/m0/s1. The predicted octanol–water partition coefficient (Wildman–Crippen LogP) is -5.52. The third-order valence-corrected chi connectivity index (χ3v) is 6.02. The summed E-state index contributed by atoms with van der Waals surface area (Å²) in [6.45, 7) is 2.10. The maximum atomic E-state index is 10.6. The van der Waals surface area contributed by atoms with Gasteiger partial charge in [-0.1, -0.05) is 0 Å². The molecular formula is C18H32O14. The Labute approximate surface area is 183 Å². The fraction of sp³-hybridized carbons (Fsp3) is 1.00. The Morgan fingerprint density at radius 2 is 1.00 bits per heavy atom. The highest BCUT2D eigenvalue weighted by molar-refractivity contribution is 4.95. The van der Waals surface area contributed by atoms with Crippen LogP contribution < -0.4 is 0 Å². The molecule has 14 heteroatoms.